The van der Waals surface area contributed by atoms with E-state index in [9.17, 15) is 10.2 Å². The van der Waals surface area contributed by atoms with Crippen molar-refractivity contribution < 1.29 is 14.9 Å². The molecular formula is C20H28N2O3. The van der Waals surface area contributed by atoms with E-state index >= 15 is 0 Å². The van der Waals surface area contributed by atoms with Gasteiger partial charge in [-0.3, -0.25) is 0 Å². The lowest BCUT2D eigenvalue weighted by Gasteiger charge is -2.50. The van der Waals surface area contributed by atoms with E-state index in [0.717, 1.165) is 43.4 Å². The molecule has 0 aliphatic heterocycles. The number of hydrazone groups is 1. The Morgan fingerprint density at radius 3 is 2.84 bits per heavy atom. The van der Waals surface area contributed by atoms with Crippen LogP contribution >= 0.6 is 0 Å². The fourth-order valence-corrected chi connectivity index (χ4v) is 5.80. The van der Waals surface area contributed by atoms with Crippen LogP contribution in [0.5, 0.6) is 11.5 Å². The molecule has 3 aliphatic carbocycles. The summed E-state index contributed by atoms with van der Waals surface area (Å²) in [4.78, 5) is 0. The molecule has 1 aromatic rings. The molecule has 5 atom stereocenters. The highest BCUT2D eigenvalue weighted by molar-refractivity contribution is 6.03. The largest absolute Gasteiger partial charge is 0.504 e. The average Bonchev–Trinajstić information content (AvgIpc) is 2.90. The topological polar surface area (TPSA) is 88.1 Å². The van der Waals surface area contributed by atoms with Gasteiger partial charge >= 0.3 is 0 Å². The van der Waals surface area contributed by atoms with Gasteiger partial charge in [-0.05, 0) is 79.9 Å². The summed E-state index contributed by atoms with van der Waals surface area (Å²) < 4.78 is 5.61. The van der Waals surface area contributed by atoms with Crippen LogP contribution in [0.1, 0.15) is 63.0 Å². The van der Waals surface area contributed by atoms with Crippen LogP contribution in [0.3, 0.4) is 0 Å². The fraction of sp³-hybridized carbons (Fsp3) is 0.650. The Morgan fingerprint density at radius 1 is 1.32 bits per heavy atom. The van der Waals surface area contributed by atoms with Gasteiger partial charge in [0, 0.05) is 5.56 Å². The van der Waals surface area contributed by atoms with Gasteiger partial charge in [0.15, 0.2) is 11.5 Å². The number of phenols is 1. The molecule has 5 nitrogen and oxygen atoms in total. The summed E-state index contributed by atoms with van der Waals surface area (Å²) in [5.74, 6) is 7.76. The number of aliphatic hydroxyl groups is 1. The minimum Gasteiger partial charge on any atom is -0.504 e. The molecule has 0 spiro atoms. The second-order valence-electron chi connectivity index (χ2n) is 8.13. The lowest BCUT2D eigenvalue weighted by molar-refractivity contribution is -0.0177. The van der Waals surface area contributed by atoms with Crippen LogP contribution in [0, 0.1) is 17.3 Å². The normalized spacial score (nSPS) is 38.1. The monoisotopic (exact) mass is 344 g/mol. The van der Waals surface area contributed by atoms with E-state index in [1.54, 1.807) is 6.07 Å². The number of aromatic hydroxyl groups is 1. The van der Waals surface area contributed by atoms with Crippen LogP contribution in [-0.4, -0.2) is 28.6 Å². The van der Waals surface area contributed by atoms with Crippen molar-refractivity contribution in [2.45, 2.75) is 58.0 Å². The molecule has 0 heterocycles. The van der Waals surface area contributed by atoms with E-state index in [4.69, 9.17) is 10.6 Å². The first-order valence-electron chi connectivity index (χ1n) is 9.44. The number of aliphatic hydroxyl groups excluding tert-OH is 1. The smallest absolute Gasteiger partial charge is 0.161 e. The molecule has 25 heavy (non-hydrogen) atoms. The Labute approximate surface area is 148 Å². The average molecular weight is 344 g/mol. The summed E-state index contributed by atoms with van der Waals surface area (Å²) in [5.41, 5.74) is 3.04. The molecule has 136 valence electrons. The fourth-order valence-electron chi connectivity index (χ4n) is 5.80. The number of phenolic OH excluding ortho intramolecular Hbond substituents is 1. The standard InChI is InChI=1S/C20H28N2O3/c1-3-25-18-10-12-11-6-7-20(2)15(4-5-19(20)24)13(11)8-16(22-21)14(12)9-17(18)23/h9-11,13,15,19,23-24H,3-8,21H2,1-2H3/b22-16+. The Bertz CT molecular complexity index is 717. The van der Waals surface area contributed by atoms with Crippen LogP contribution in [0.2, 0.25) is 0 Å². The molecule has 2 saturated carbocycles. The predicted octanol–water partition coefficient (Wildman–Crippen LogP) is 3.13. The van der Waals surface area contributed by atoms with E-state index in [0.29, 0.717) is 30.1 Å². The van der Waals surface area contributed by atoms with Crippen molar-refractivity contribution in [3.05, 3.63) is 23.3 Å². The van der Waals surface area contributed by atoms with Crippen LogP contribution < -0.4 is 10.6 Å². The van der Waals surface area contributed by atoms with Gasteiger partial charge in [-0.25, -0.2) is 0 Å². The van der Waals surface area contributed by atoms with Crippen molar-refractivity contribution in [3.63, 3.8) is 0 Å². The van der Waals surface area contributed by atoms with E-state index < -0.39 is 0 Å². The van der Waals surface area contributed by atoms with Gasteiger partial charge in [0.05, 0.1) is 18.4 Å². The number of nitrogens with two attached hydrogens (primary N) is 1. The Balaban J connectivity index is 1.79. The molecule has 3 aliphatic rings. The Morgan fingerprint density at radius 2 is 2.12 bits per heavy atom. The lowest BCUT2D eigenvalue weighted by Crippen LogP contribution is -2.45. The molecule has 2 fully saturated rings. The maximum Gasteiger partial charge on any atom is 0.161 e. The van der Waals surface area contributed by atoms with Gasteiger partial charge in [-0.2, -0.15) is 5.10 Å². The molecule has 0 aromatic heterocycles. The van der Waals surface area contributed by atoms with Crippen molar-refractivity contribution in [2.24, 2.45) is 28.2 Å². The molecular weight excluding hydrogens is 316 g/mol. The zero-order valence-corrected chi connectivity index (χ0v) is 15.0. The first-order chi connectivity index (χ1) is 12.0. The lowest BCUT2D eigenvalue weighted by atomic mass is 9.55. The molecule has 4 rings (SSSR count). The van der Waals surface area contributed by atoms with Gasteiger partial charge in [0.25, 0.3) is 0 Å². The number of hydrogen-bond acceptors (Lipinski definition) is 5. The van der Waals surface area contributed by atoms with E-state index in [1.807, 2.05) is 13.0 Å². The Hall–Kier alpha value is -1.75. The quantitative estimate of drug-likeness (QED) is 0.568. The van der Waals surface area contributed by atoms with Crippen molar-refractivity contribution in [3.8, 4) is 11.5 Å². The summed E-state index contributed by atoms with van der Waals surface area (Å²) in [7, 11) is 0. The molecule has 0 radical (unpaired) electrons. The molecule has 0 saturated heterocycles. The van der Waals surface area contributed by atoms with Gasteiger partial charge < -0.3 is 20.8 Å². The molecule has 0 bridgehead atoms. The Kier molecular flexibility index (Phi) is 3.95. The van der Waals surface area contributed by atoms with Crippen molar-refractivity contribution in [2.75, 3.05) is 6.61 Å². The summed E-state index contributed by atoms with van der Waals surface area (Å²) in [6.07, 6.45) is 4.69. The predicted molar refractivity (Wildman–Crippen MR) is 96.9 cm³/mol. The SMILES string of the molecule is CCOc1cc2c(cc1O)/C(=N/N)CC1C2CCC2(C)C(O)CCC12. The van der Waals surface area contributed by atoms with Gasteiger partial charge in [0.2, 0.25) is 0 Å². The first kappa shape index (κ1) is 16.7. The minimum absolute atomic E-state index is 0.0120. The maximum absolute atomic E-state index is 10.5. The van der Waals surface area contributed by atoms with Crippen LogP contribution in [0.15, 0.2) is 17.2 Å². The summed E-state index contributed by atoms with van der Waals surface area (Å²) in [6.45, 7) is 4.69. The van der Waals surface area contributed by atoms with Crippen LogP contribution in [0.25, 0.3) is 0 Å². The number of rotatable bonds is 2. The summed E-state index contributed by atoms with van der Waals surface area (Å²) in [6, 6.07) is 3.75. The van der Waals surface area contributed by atoms with Gasteiger partial charge in [-0.15, -0.1) is 0 Å². The second kappa shape index (κ2) is 5.90. The second-order valence-corrected chi connectivity index (χ2v) is 8.13. The third-order valence-corrected chi connectivity index (χ3v) is 7.11. The number of ether oxygens (including phenoxy) is 1. The highest BCUT2D eigenvalue weighted by Gasteiger charge is 2.55. The zero-order chi connectivity index (χ0) is 17.8. The van der Waals surface area contributed by atoms with Crippen molar-refractivity contribution in [1.82, 2.24) is 0 Å². The van der Waals surface area contributed by atoms with E-state index in [-0.39, 0.29) is 17.3 Å². The van der Waals surface area contributed by atoms with Crippen molar-refractivity contribution >= 4 is 5.71 Å². The van der Waals surface area contributed by atoms with E-state index in [2.05, 4.69) is 12.0 Å². The van der Waals surface area contributed by atoms with Crippen LogP contribution in [-0.2, 0) is 0 Å². The number of benzene rings is 1. The third-order valence-electron chi connectivity index (χ3n) is 7.11. The third kappa shape index (κ3) is 2.35. The summed E-state index contributed by atoms with van der Waals surface area (Å²) >= 11 is 0. The summed E-state index contributed by atoms with van der Waals surface area (Å²) in [5, 5.41) is 24.9. The van der Waals surface area contributed by atoms with Gasteiger partial charge in [0.1, 0.15) is 0 Å². The number of hydrogen-bond donors (Lipinski definition) is 3. The zero-order valence-electron chi connectivity index (χ0n) is 15.0. The van der Waals surface area contributed by atoms with E-state index in [1.165, 1.54) is 5.56 Å². The number of nitrogens with zero attached hydrogens (tertiary/aromatic N) is 1. The molecule has 5 heteroatoms. The highest BCUT2D eigenvalue weighted by atomic mass is 16.5. The van der Waals surface area contributed by atoms with Crippen molar-refractivity contribution in [1.29, 1.82) is 0 Å². The number of fused-ring (bicyclic) bond motifs is 5. The maximum atomic E-state index is 10.5. The first-order valence-corrected chi connectivity index (χ1v) is 9.44. The minimum atomic E-state index is -0.197. The molecule has 0 amide bonds. The van der Waals surface area contributed by atoms with Gasteiger partial charge in [-0.1, -0.05) is 6.92 Å². The molecule has 1 aromatic carbocycles. The molecule has 4 N–H and O–H groups in total. The highest BCUT2D eigenvalue weighted by Crippen LogP contribution is 2.61. The molecule has 5 unspecified atom stereocenters. The van der Waals surface area contributed by atoms with Crippen LogP contribution in [0.4, 0.5) is 0 Å².